The maximum Gasteiger partial charge on any atom is 0.259 e. The number of rotatable bonds is 2. The smallest absolute Gasteiger partial charge is 0.259 e. The van der Waals surface area contributed by atoms with Crippen molar-refractivity contribution < 1.29 is 4.79 Å². The van der Waals surface area contributed by atoms with Crippen LogP contribution < -0.4 is 5.32 Å². The summed E-state index contributed by atoms with van der Waals surface area (Å²) < 4.78 is 0. The normalized spacial score (nSPS) is 10.6. The molecule has 1 amide bonds. The molecule has 3 rings (SSSR count). The van der Waals surface area contributed by atoms with Crippen LogP contribution in [0.4, 0.5) is 5.69 Å². The van der Waals surface area contributed by atoms with Crippen molar-refractivity contribution in [2.24, 2.45) is 0 Å². The molecule has 21 heavy (non-hydrogen) atoms. The fourth-order valence-corrected chi connectivity index (χ4v) is 2.18. The Morgan fingerprint density at radius 1 is 1.10 bits per heavy atom. The van der Waals surface area contributed by atoms with Gasteiger partial charge in [-0.3, -0.25) is 9.78 Å². The number of para-hydroxylation sites is 1. The van der Waals surface area contributed by atoms with E-state index in [0.717, 1.165) is 10.9 Å². The number of nitrogens with one attached hydrogen (secondary N) is 1. The molecule has 0 aliphatic carbocycles. The summed E-state index contributed by atoms with van der Waals surface area (Å²) in [5.74, 6) is -0.422. The molecule has 2 heterocycles. The molecule has 0 aliphatic heterocycles. The highest BCUT2D eigenvalue weighted by atomic mass is 35.5. The molecule has 0 aliphatic rings. The van der Waals surface area contributed by atoms with Crippen LogP contribution in [-0.2, 0) is 0 Å². The summed E-state index contributed by atoms with van der Waals surface area (Å²) in [6.45, 7) is 0. The molecule has 0 saturated heterocycles. The lowest BCUT2D eigenvalue weighted by Crippen LogP contribution is -2.13. The number of nitrogens with zero attached hydrogens (tertiary/aromatic N) is 3. The predicted octanol–water partition coefficient (Wildman–Crippen LogP) is 3.58. The summed E-state index contributed by atoms with van der Waals surface area (Å²) in [4.78, 5) is 16.4. The number of hydrogen-bond donors (Lipinski definition) is 1. The zero-order valence-electron chi connectivity index (χ0n) is 10.5. The van der Waals surface area contributed by atoms with Crippen molar-refractivity contribution in [3.63, 3.8) is 0 Å². The number of carbonyl (C=O) groups excluding carboxylic acids is 1. The average molecular weight is 319 g/mol. The quantitative estimate of drug-likeness (QED) is 0.784. The largest absolute Gasteiger partial charge is 0.320 e. The van der Waals surface area contributed by atoms with E-state index < -0.39 is 5.91 Å². The number of fused-ring (bicyclic) bond motifs is 1. The van der Waals surface area contributed by atoms with Crippen LogP contribution in [0.5, 0.6) is 0 Å². The van der Waals surface area contributed by atoms with Crippen LogP contribution >= 0.6 is 23.2 Å². The van der Waals surface area contributed by atoms with Gasteiger partial charge < -0.3 is 5.32 Å². The number of hydrogen-bond acceptors (Lipinski definition) is 4. The second kappa shape index (κ2) is 5.63. The van der Waals surface area contributed by atoms with Gasteiger partial charge in [0.25, 0.3) is 5.91 Å². The second-order valence-corrected chi connectivity index (χ2v) is 4.99. The molecule has 0 fully saturated rings. The molecule has 3 aromatic rings. The van der Waals surface area contributed by atoms with Gasteiger partial charge in [0, 0.05) is 5.39 Å². The standard InChI is InChI=1S/C14H8Cl2N4O/c15-12-6-10(13(16)20-19-12)14(21)18-9-5-8-3-1-2-4-11(8)17-7-9/h1-7H,(H,18,21). The Balaban J connectivity index is 1.90. The van der Waals surface area contributed by atoms with Crippen molar-refractivity contribution >= 4 is 45.7 Å². The molecule has 2 aromatic heterocycles. The van der Waals surface area contributed by atoms with E-state index in [4.69, 9.17) is 23.2 Å². The number of aromatic nitrogens is 3. The van der Waals surface area contributed by atoms with Gasteiger partial charge in [-0.2, -0.15) is 0 Å². The van der Waals surface area contributed by atoms with Crippen molar-refractivity contribution in [3.8, 4) is 0 Å². The zero-order valence-corrected chi connectivity index (χ0v) is 12.1. The summed E-state index contributed by atoms with van der Waals surface area (Å²) in [6.07, 6.45) is 1.57. The van der Waals surface area contributed by atoms with Gasteiger partial charge >= 0.3 is 0 Å². The van der Waals surface area contributed by atoms with Crippen LogP contribution in [-0.4, -0.2) is 21.1 Å². The van der Waals surface area contributed by atoms with Crippen molar-refractivity contribution in [2.45, 2.75) is 0 Å². The second-order valence-electron chi connectivity index (χ2n) is 4.24. The van der Waals surface area contributed by atoms with E-state index in [2.05, 4.69) is 20.5 Å². The van der Waals surface area contributed by atoms with Gasteiger partial charge in [-0.05, 0) is 18.2 Å². The summed E-state index contributed by atoms with van der Waals surface area (Å²) in [7, 11) is 0. The minimum absolute atomic E-state index is 0.00866. The summed E-state index contributed by atoms with van der Waals surface area (Å²) in [6, 6.07) is 10.8. The molecule has 7 heteroatoms. The fourth-order valence-electron chi connectivity index (χ4n) is 1.85. The third kappa shape index (κ3) is 2.94. The van der Waals surface area contributed by atoms with Gasteiger partial charge in [-0.15, -0.1) is 10.2 Å². The molecular weight excluding hydrogens is 311 g/mol. The molecule has 0 saturated carbocycles. The number of halogens is 2. The van der Waals surface area contributed by atoms with Gasteiger partial charge in [0.2, 0.25) is 0 Å². The molecular formula is C14H8Cl2N4O. The van der Waals surface area contributed by atoms with Gasteiger partial charge in [0.15, 0.2) is 10.3 Å². The van der Waals surface area contributed by atoms with E-state index in [1.54, 1.807) is 6.20 Å². The molecule has 5 nitrogen and oxygen atoms in total. The number of benzene rings is 1. The van der Waals surface area contributed by atoms with Crippen LogP contribution in [0.1, 0.15) is 10.4 Å². The Kier molecular flexibility index (Phi) is 3.68. The Bertz CT molecular complexity index is 838. The Hall–Kier alpha value is -2.24. The van der Waals surface area contributed by atoms with Gasteiger partial charge in [0.05, 0.1) is 23.0 Å². The minimum atomic E-state index is -0.422. The topological polar surface area (TPSA) is 67.8 Å². The first-order valence-electron chi connectivity index (χ1n) is 5.98. The first kappa shape index (κ1) is 13.7. The highest BCUT2D eigenvalue weighted by Gasteiger charge is 2.13. The molecule has 1 aromatic carbocycles. The summed E-state index contributed by atoms with van der Waals surface area (Å²) >= 11 is 11.6. The van der Waals surface area contributed by atoms with Crippen LogP contribution in [0.2, 0.25) is 10.3 Å². The Morgan fingerprint density at radius 2 is 1.90 bits per heavy atom. The van der Waals surface area contributed by atoms with Crippen LogP contribution in [0.3, 0.4) is 0 Å². The van der Waals surface area contributed by atoms with Crippen molar-refractivity contribution in [3.05, 3.63) is 58.5 Å². The lowest BCUT2D eigenvalue weighted by atomic mass is 10.2. The van der Waals surface area contributed by atoms with E-state index >= 15 is 0 Å². The van der Waals surface area contributed by atoms with E-state index in [0.29, 0.717) is 5.69 Å². The highest BCUT2D eigenvalue weighted by molar-refractivity contribution is 6.34. The predicted molar refractivity (Wildman–Crippen MR) is 81.7 cm³/mol. The molecule has 0 bridgehead atoms. The van der Waals surface area contributed by atoms with Gasteiger partial charge in [0.1, 0.15) is 0 Å². The van der Waals surface area contributed by atoms with E-state index in [1.165, 1.54) is 6.07 Å². The average Bonchev–Trinajstić information content (AvgIpc) is 2.49. The Labute approximate surface area is 129 Å². The number of pyridine rings is 1. The SMILES string of the molecule is O=C(Nc1cnc2ccccc2c1)c1cc(Cl)nnc1Cl. The minimum Gasteiger partial charge on any atom is -0.320 e. The number of anilines is 1. The van der Waals surface area contributed by atoms with E-state index in [9.17, 15) is 4.79 Å². The third-order valence-corrected chi connectivity index (χ3v) is 3.28. The van der Waals surface area contributed by atoms with Crippen LogP contribution in [0.15, 0.2) is 42.6 Å². The maximum absolute atomic E-state index is 12.2. The molecule has 104 valence electrons. The molecule has 0 atom stereocenters. The van der Waals surface area contributed by atoms with E-state index in [-0.39, 0.29) is 15.9 Å². The highest BCUT2D eigenvalue weighted by Crippen LogP contribution is 2.19. The first-order valence-corrected chi connectivity index (χ1v) is 6.74. The van der Waals surface area contributed by atoms with Crippen LogP contribution in [0.25, 0.3) is 10.9 Å². The van der Waals surface area contributed by atoms with Crippen molar-refractivity contribution in [1.82, 2.24) is 15.2 Å². The molecule has 0 unspecified atom stereocenters. The van der Waals surface area contributed by atoms with Gasteiger partial charge in [-0.1, -0.05) is 41.4 Å². The van der Waals surface area contributed by atoms with E-state index in [1.807, 2.05) is 30.3 Å². The summed E-state index contributed by atoms with van der Waals surface area (Å²) in [5.41, 5.74) is 1.56. The molecule has 1 N–H and O–H groups in total. The Morgan fingerprint density at radius 3 is 2.76 bits per heavy atom. The number of carbonyl (C=O) groups is 1. The van der Waals surface area contributed by atoms with Crippen LogP contribution in [0, 0.1) is 0 Å². The molecule has 0 radical (unpaired) electrons. The summed E-state index contributed by atoms with van der Waals surface area (Å²) in [5, 5.41) is 10.9. The van der Waals surface area contributed by atoms with Crippen molar-refractivity contribution in [2.75, 3.05) is 5.32 Å². The first-order chi connectivity index (χ1) is 10.1. The third-order valence-electron chi connectivity index (χ3n) is 2.81. The number of amides is 1. The fraction of sp³-hybridized carbons (Fsp3) is 0. The lowest BCUT2D eigenvalue weighted by Gasteiger charge is -2.07. The van der Waals surface area contributed by atoms with Gasteiger partial charge in [-0.25, -0.2) is 0 Å². The monoisotopic (exact) mass is 318 g/mol. The molecule has 0 spiro atoms. The lowest BCUT2D eigenvalue weighted by molar-refractivity contribution is 0.102. The maximum atomic E-state index is 12.2. The zero-order chi connectivity index (χ0) is 14.8. The van der Waals surface area contributed by atoms with Crippen molar-refractivity contribution in [1.29, 1.82) is 0 Å².